The van der Waals surface area contributed by atoms with Crippen LogP contribution in [0.2, 0.25) is 0 Å². The smallest absolute Gasteiger partial charge is 0.240 e. The predicted molar refractivity (Wildman–Crippen MR) is 68.0 cm³/mol. The lowest BCUT2D eigenvalue weighted by Crippen LogP contribution is -2.45. The molecule has 0 saturated carbocycles. The number of hydrogen-bond acceptors (Lipinski definition) is 3. The summed E-state index contributed by atoms with van der Waals surface area (Å²) in [5.41, 5.74) is 11.9. The Hall–Kier alpha value is -2.37. The highest BCUT2D eigenvalue weighted by Crippen LogP contribution is 2.07. The quantitative estimate of drug-likeness (QED) is 0.415. The summed E-state index contributed by atoms with van der Waals surface area (Å²) < 4.78 is 0. The number of benzene rings is 1. The molecule has 1 rings (SSSR count). The minimum absolute atomic E-state index is 0.0491. The van der Waals surface area contributed by atoms with Crippen molar-refractivity contribution in [2.24, 2.45) is 11.5 Å². The molecule has 6 heteroatoms. The summed E-state index contributed by atoms with van der Waals surface area (Å²) in [7, 11) is 0. The molecule has 0 fully saturated rings. The van der Waals surface area contributed by atoms with Crippen molar-refractivity contribution in [1.29, 1.82) is 5.41 Å². The van der Waals surface area contributed by atoms with Gasteiger partial charge in [0.25, 0.3) is 0 Å². The van der Waals surface area contributed by atoms with Crippen LogP contribution in [0.3, 0.4) is 0 Å². The molecule has 0 bridgehead atoms. The third-order valence-corrected chi connectivity index (χ3v) is 2.40. The third kappa shape index (κ3) is 3.89. The van der Waals surface area contributed by atoms with Crippen LogP contribution in [0.1, 0.15) is 18.1 Å². The van der Waals surface area contributed by atoms with Crippen LogP contribution >= 0.6 is 0 Å². The minimum Gasteiger partial charge on any atom is -0.384 e. The zero-order valence-corrected chi connectivity index (χ0v) is 10.1. The van der Waals surface area contributed by atoms with Gasteiger partial charge in [-0.3, -0.25) is 15.0 Å². The van der Waals surface area contributed by atoms with Gasteiger partial charge in [-0.05, 0) is 11.6 Å². The molecule has 2 amide bonds. The molecule has 6 nitrogen and oxygen atoms in total. The Labute approximate surface area is 105 Å². The van der Waals surface area contributed by atoms with E-state index in [1.54, 1.807) is 24.3 Å². The van der Waals surface area contributed by atoms with Gasteiger partial charge in [-0.2, -0.15) is 0 Å². The van der Waals surface area contributed by atoms with E-state index in [1.807, 2.05) is 0 Å². The number of rotatable bonds is 5. The first-order chi connectivity index (χ1) is 8.40. The summed E-state index contributed by atoms with van der Waals surface area (Å²) in [4.78, 5) is 22.1. The molecule has 1 atom stereocenters. The fourth-order valence-corrected chi connectivity index (χ4v) is 1.57. The highest BCUT2D eigenvalue weighted by Gasteiger charge is 2.16. The van der Waals surface area contributed by atoms with Crippen LogP contribution in [-0.4, -0.2) is 23.7 Å². The molecule has 6 N–H and O–H groups in total. The van der Waals surface area contributed by atoms with Gasteiger partial charge < -0.3 is 16.8 Å². The van der Waals surface area contributed by atoms with Crippen LogP contribution in [0.25, 0.3) is 0 Å². The highest BCUT2D eigenvalue weighted by atomic mass is 16.2. The van der Waals surface area contributed by atoms with Crippen molar-refractivity contribution in [1.82, 2.24) is 5.32 Å². The summed E-state index contributed by atoms with van der Waals surface area (Å²) in [5.74, 6) is -0.966. The molecular formula is C12H16N4O2. The molecule has 0 spiro atoms. The molecule has 1 aromatic rings. The molecule has 1 aromatic carbocycles. The van der Waals surface area contributed by atoms with Gasteiger partial charge in [0.1, 0.15) is 11.9 Å². The summed E-state index contributed by atoms with van der Waals surface area (Å²) >= 11 is 0. The Morgan fingerprint density at radius 3 is 2.56 bits per heavy atom. The number of nitrogens with one attached hydrogen (secondary N) is 2. The van der Waals surface area contributed by atoms with Gasteiger partial charge >= 0.3 is 0 Å². The number of amides is 2. The van der Waals surface area contributed by atoms with Crippen LogP contribution in [0.4, 0.5) is 0 Å². The van der Waals surface area contributed by atoms with E-state index in [0.29, 0.717) is 5.56 Å². The first-order valence-corrected chi connectivity index (χ1v) is 5.40. The maximum absolute atomic E-state index is 11.2. The second-order valence-corrected chi connectivity index (χ2v) is 3.97. The molecule has 0 heterocycles. The molecule has 0 aliphatic carbocycles. The van der Waals surface area contributed by atoms with Gasteiger partial charge in [0.05, 0.1) is 0 Å². The van der Waals surface area contributed by atoms with Gasteiger partial charge in [0.2, 0.25) is 11.8 Å². The van der Waals surface area contributed by atoms with E-state index in [0.717, 1.165) is 5.56 Å². The molecule has 0 saturated heterocycles. The molecule has 96 valence electrons. The van der Waals surface area contributed by atoms with Gasteiger partial charge in [-0.15, -0.1) is 0 Å². The van der Waals surface area contributed by atoms with E-state index in [4.69, 9.17) is 16.9 Å². The van der Waals surface area contributed by atoms with E-state index >= 15 is 0 Å². The van der Waals surface area contributed by atoms with Crippen LogP contribution in [0.5, 0.6) is 0 Å². The maximum Gasteiger partial charge on any atom is 0.240 e. The normalized spacial score (nSPS) is 11.6. The summed E-state index contributed by atoms with van der Waals surface area (Å²) in [6.45, 7) is 1.32. The number of nitrogens with two attached hydrogens (primary N) is 2. The molecule has 0 aliphatic heterocycles. The Morgan fingerprint density at radius 1 is 1.39 bits per heavy atom. The van der Waals surface area contributed by atoms with Crippen molar-refractivity contribution >= 4 is 17.6 Å². The van der Waals surface area contributed by atoms with Crippen molar-refractivity contribution < 1.29 is 9.59 Å². The molecule has 0 aliphatic rings. The Kier molecular flexibility index (Phi) is 4.42. The van der Waals surface area contributed by atoms with Crippen LogP contribution in [0, 0.1) is 5.41 Å². The second-order valence-electron chi connectivity index (χ2n) is 3.97. The molecule has 18 heavy (non-hydrogen) atoms. The Morgan fingerprint density at radius 2 is 2.06 bits per heavy atom. The average Bonchev–Trinajstić information content (AvgIpc) is 2.27. The Bertz CT molecular complexity index is 485. The lowest BCUT2D eigenvalue weighted by molar-refractivity contribution is -0.126. The number of carbonyl (C=O) groups excluding carboxylic acids is 2. The van der Waals surface area contributed by atoms with Gasteiger partial charge in [0.15, 0.2) is 0 Å². The average molecular weight is 248 g/mol. The highest BCUT2D eigenvalue weighted by molar-refractivity contribution is 5.95. The first kappa shape index (κ1) is 13.7. The monoisotopic (exact) mass is 248 g/mol. The van der Waals surface area contributed by atoms with Crippen LogP contribution in [-0.2, 0) is 16.0 Å². The largest absolute Gasteiger partial charge is 0.384 e. The van der Waals surface area contributed by atoms with E-state index in [9.17, 15) is 9.59 Å². The maximum atomic E-state index is 11.2. The fourth-order valence-electron chi connectivity index (χ4n) is 1.57. The van der Waals surface area contributed by atoms with Crippen LogP contribution < -0.4 is 16.8 Å². The third-order valence-electron chi connectivity index (χ3n) is 2.40. The second kappa shape index (κ2) is 5.81. The molecule has 0 unspecified atom stereocenters. The predicted octanol–water partition coefficient (Wildman–Crippen LogP) is -0.497. The summed E-state index contributed by atoms with van der Waals surface area (Å²) in [6.07, 6.45) is 0.274. The van der Waals surface area contributed by atoms with Crippen LogP contribution in [0.15, 0.2) is 24.3 Å². The van der Waals surface area contributed by atoms with E-state index in [-0.39, 0.29) is 18.2 Å². The molecule has 0 aromatic heterocycles. The van der Waals surface area contributed by atoms with E-state index in [1.165, 1.54) is 6.92 Å². The summed E-state index contributed by atoms with van der Waals surface area (Å²) in [6, 6.07) is 6.15. The van der Waals surface area contributed by atoms with E-state index in [2.05, 4.69) is 5.32 Å². The summed E-state index contributed by atoms with van der Waals surface area (Å²) in [5, 5.41) is 9.81. The van der Waals surface area contributed by atoms with Crippen molar-refractivity contribution in [3.8, 4) is 0 Å². The zero-order valence-electron chi connectivity index (χ0n) is 10.1. The number of amidine groups is 1. The van der Waals surface area contributed by atoms with Gasteiger partial charge in [0, 0.05) is 18.9 Å². The van der Waals surface area contributed by atoms with Gasteiger partial charge in [-0.25, -0.2) is 0 Å². The Balaban J connectivity index is 2.86. The topological polar surface area (TPSA) is 122 Å². The fraction of sp³-hybridized carbons (Fsp3) is 0.250. The number of hydrogen-bond donors (Lipinski definition) is 4. The molecule has 0 radical (unpaired) electrons. The zero-order chi connectivity index (χ0) is 13.7. The van der Waals surface area contributed by atoms with E-state index < -0.39 is 11.9 Å². The number of nitrogen functional groups attached to an aromatic ring is 1. The van der Waals surface area contributed by atoms with Crippen molar-refractivity contribution in [3.05, 3.63) is 35.4 Å². The first-order valence-electron chi connectivity index (χ1n) is 5.40. The number of carbonyl (C=O) groups is 2. The van der Waals surface area contributed by atoms with Crippen molar-refractivity contribution in [3.63, 3.8) is 0 Å². The SMILES string of the molecule is CC(=O)N[C@@H](Cc1cccc(C(=N)N)c1)C(N)=O. The minimum atomic E-state index is -0.760. The van der Waals surface area contributed by atoms with Gasteiger partial charge in [-0.1, -0.05) is 18.2 Å². The lowest BCUT2D eigenvalue weighted by Gasteiger charge is -2.14. The van der Waals surface area contributed by atoms with Crippen molar-refractivity contribution in [2.75, 3.05) is 0 Å². The number of primary amides is 1. The lowest BCUT2D eigenvalue weighted by atomic mass is 10.0. The molecular weight excluding hydrogens is 232 g/mol. The standard InChI is InChI=1S/C12H16N4O2/c1-7(17)16-10(12(15)18)6-8-3-2-4-9(5-8)11(13)14/h2-5,10H,6H2,1H3,(H3,13,14)(H2,15,18)(H,16,17)/t10-/m0/s1. The van der Waals surface area contributed by atoms with Crippen molar-refractivity contribution in [2.45, 2.75) is 19.4 Å².